The van der Waals surface area contributed by atoms with E-state index in [-0.39, 0.29) is 12.7 Å². The zero-order valence-corrected chi connectivity index (χ0v) is 14.6. The molecule has 1 aliphatic rings. The monoisotopic (exact) mass is 341 g/mol. The highest BCUT2D eigenvalue weighted by Crippen LogP contribution is 2.34. The minimum atomic E-state index is -0.193. The van der Waals surface area contributed by atoms with Gasteiger partial charge in [0, 0.05) is 31.0 Å². The molecule has 1 aromatic carbocycles. The fraction of sp³-hybridized carbons (Fsp3) is 0.368. The summed E-state index contributed by atoms with van der Waals surface area (Å²) in [7, 11) is 0. The fourth-order valence-electron chi connectivity index (χ4n) is 2.81. The second kappa shape index (κ2) is 7.88. The van der Waals surface area contributed by atoms with Gasteiger partial charge in [-0.2, -0.15) is 0 Å². The second-order valence-corrected chi connectivity index (χ2v) is 5.94. The number of nitrogens with one attached hydrogen (secondary N) is 1. The van der Waals surface area contributed by atoms with Crippen molar-refractivity contribution < 1.29 is 14.3 Å². The topological polar surface area (TPSA) is 63.7 Å². The Bertz CT molecular complexity index is 742. The van der Waals surface area contributed by atoms with E-state index in [1.165, 1.54) is 0 Å². The lowest BCUT2D eigenvalue weighted by atomic mass is 10.2. The molecule has 0 aliphatic carbocycles. The van der Waals surface area contributed by atoms with Crippen LogP contribution in [0, 0.1) is 0 Å². The Balaban J connectivity index is 1.74. The maximum Gasteiger partial charge on any atom is 0.257 e. The number of nitrogens with zero attached hydrogens (tertiary/aromatic N) is 2. The van der Waals surface area contributed by atoms with Gasteiger partial charge in [-0.25, -0.2) is 0 Å². The predicted molar refractivity (Wildman–Crippen MR) is 97.6 cm³/mol. The van der Waals surface area contributed by atoms with Gasteiger partial charge in [0.15, 0.2) is 11.5 Å². The van der Waals surface area contributed by atoms with Gasteiger partial charge in [-0.15, -0.1) is 0 Å². The smallest absolute Gasteiger partial charge is 0.257 e. The van der Waals surface area contributed by atoms with Crippen LogP contribution in [-0.2, 0) is 0 Å². The zero-order valence-electron chi connectivity index (χ0n) is 14.6. The number of pyridine rings is 1. The van der Waals surface area contributed by atoms with Crippen molar-refractivity contribution in [1.29, 1.82) is 0 Å². The van der Waals surface area contributed by atoms with E-state index in [9.17, 15) is 4.79 Å². The highest BCUT2D eigenvalue weighted by molar-refractivity contribution is 6.04. The Kier molecular flexibility index (Phi) is 5.38. The number of hydrogen-bond acceptors (Lipinski definition) is 5. The van der Waals surface area contributed by atoms with Gasteiger partial charge < -0.3 is 19.7 Å². The number of amides is 1. The highest BCUT2D eigenvalue weighted by atomic mass is 16.7. The normalized spacial score (nSPS) is 12.1. The largest absolute Gasteiger partial charge is 0.454 e. The van der Waals surface area contributed by atoms with Crippen molar-refractivity contribution in [3.8, 4) is 11.5 Å². The van der Waals surface area contributed by atoms with Crippen LogP contribution in [0.25, 0.3) is 0 Å². The maximum atomic E-state index is 12.6. The molecule has 25 heavy (non-hydrogen) atoms. The lowest BCUT2D eigenvalue weighted by Crippen LogP contribution is -2.25. The molecule has 6 heteroatoms. The summed E-state index contributed by atoms with van der Waals surface area (Å²) in [6.45, 7) is 6.40. The summed E-state index contributed by atoms with van der Waals surface area (Å²) in [4.78, 5) is 19.1. The van der Waals surface area contributed by atoms with E-state index in [0.29, 0.717) is 22.7 Å². The average molecular weight is 341 g/mol. The van der Waals surface area contributed by atoms with Gasteiger partial charge in [0.05, 0.1) is 17.4 Å². The zero-order chi connectivity index (χ0) is 17.6. The van der Waals surface area contributed by atoms with Crippen molar-refractivity contribution >= 4 is 17.3 Å². The van der Waals surface area contributed by atoms with E-state index in [1.54, 1.807) is 24.4 Å². The molecule has 132 valence electrons. The van der Waals surface area contributed by atoms with E-state index in [1.807, 2.05) is 12.3 Å². The number of aromatic nitrogens is 1. The van der Waals surface area contributed by atoms with Gasteiger partial charge >= 0.3 is 0 Å². The minimum absolute atomic E-state index is 0.193. The van der Waals surface area contributed by atoms with Crippen molar-refractivity contribution in [2.24, 2.45) is 0 Å². The quantitative estimate of drug-likeness (QED) is 0.832. The van der Waals surface area contributed by atoms with Crippen LogP contribution in [0.1, 0.15) is 37.0 Å². The summed E-state index contributed by atoms with van der Waals surface area (Å²) in [5.41, 5.74) is 2.17. The molecule has 0 saturated carbocycles. The van der Waals surface area contributed by atoms with E-state index >= 15 is 0 Å². The average Bonchev–Trinajstić information content (AvgIpc) is 3.09. The molecule has 6 nitrogen and oxygen atoms in total. The molecule has 3 rings (SSSR count). The molecule has 1 amide bonds. The van der Waals surface area contributed by atoms with E-state index in [4.69, 9.17) is 9.47 Å². The van der Waals surface area contributed by atoms with Crippen LogP contribution in [0.15, 0.2) is 36.7 Å². The van der Waals surface area contributed by atoms with Crippen molar-refractivity contribution in [3.05, 3.63) is 42.2 Å². The number of fused-ring (bicyclic) bond motifs is 1. The van der Waals surface area contributed by atoms with Crippen LogP contribution in [0.2, 0.25) is 0 Å². The summed E-state index contributed by atoms with van der Waals surface area (Å²) in [5, 5.41) is 2.89. The number of benzene rings is 1. The number of carbonyl (C=O) groups is 1. The van der Waals surface area contributed by atoms with E-state index in [0.717, 1.165) is 31.6 Å². The van der Waals surface area contributed by atoms with Gasteiger partial charge in [-0.1, -0.05) is 13.8 Å². The van der Waals surface area contributed by atoms with Crippen LogP contribution in [0.4, 0.5) is 11.4 Å². The molecule has 0 spiro atoms. The summed E-state index contributed by atoms with van der Waals surface area (Å²) in [5.74, 6) is 1.14. The van der Waals surface area contributed by atoms with Crippen LogP contribution >= 0.6 is 0 Å². The first-order valence-corrected chi connectivity index (χ1v) is 8.62. The summed E-state index contributed by atoms with van der Waals surface area (Å²) >= 11 is 0. The van der Waals surface area contributed by atoms with Gasteiger partial charge in [-0.05, 0) is 31.0 Å². The molecular formula is C19H23N3O3. The Morgan fingerprint density at radius 3 is 2.64 bits per heavy atom. The number of rotatable bonds is 7. The van der Waals surface area contributed by atoms with Crippen LogP contribution in [-0.4, -0.2) is 30.8 Å². The molecule has 2 aromatic rings. The molecule has 0 unspecified atom stereocenters. The van der Waals surface area contributed by atoms with Gasteiger partial charge in [0.25, 0.3) is 5.91 Å². The van der Waals surface area contributed by atoms with Crippen LogP contribution < -0.4 is 19.7 Å². The van der Waals surface area contributed by atoms with Crippen molar-refractivity contribution in [3.63, 3.8) is 0 Å². The molecule has 1 aromatic heterocycles. The number of carbonyl (C=O) groups excluding carboxylic acids is 1. The van der Waals surface area contributed by atoms with Gasteiger partial charge in [0.1, 0.15) is 0 Å². The van der Waals surface area contributed by atoms with Crippen molar-refractivity contribution in [1.82, 2.24) is 4.98 Å². The molecule has 1 N–H and O–H groups in total. The third-order valence-corrected chi connectivity index (χ3v) is 3.97. The molecule has 1 aliphatic heterocycles. The Morgan fingerprint density at radius 1 is 1.12 bits per heavy atom. The first-order chi connectivity index (χ1) is 12.2. The third-order valence-electron chi connectivity index (χ3n) is 3.97. The minimum Gasteiger partial charge on any atom is -0.454 e. The van der Waals surface area contributed by atoms with Gasteiger partial charge in [0.2, 0.25) is 6.79 Å². The number of ether oxygens (including phenoxy) is 2. The highest BCUT2D eigenvalue weighted by Gasteiger charge is 2.15. The number of hydrogen-bond donors (Lipinski definition) is 1. The molecule has 0 fully saturated rings. The Morgan fingerprint density at radius 2 is 1.88 bits per heavy atom. The van der Waals surface area contributed by atoms with E-state index in [2.05, 4.69) is 29.0 Å². The van der Waals surface area contributed by atoms with E-state index < -0.39 is 0 Å². The Labute approximate surface area is 147 Å². The molecular weight excluding hydrogens is 318 g/mol. The maximum absolute atomic E-state index is 12.6. The summed E-state index contributed by atoms with van der Waals surface area (Å²) in [6, 6.07) is 7.23. The predicted octanol–water partition coefficient (Wildman–Crippen LogP) is 3.69. The fourth-order valence-corrected chi connectivity index (χ4v) is 2.81. The lowest BCUT2D eigenvalue weighted by Gasteiger charge is -2.23. The second-order valence-electron chi connectivity index (χ2n) is 5.94. The molecule has 0 bridgehead atoms. The molecule has 0 saturated heterocycles. The first kappa shape index (κ1) is 17.1. The van der Waals surface area contributed by atoms with Crippen molar-refractivity contribution in [2.75, 3.05) is 30.1 Å². The first-order valence-electron chi connectivity index (χ1n) is 8.62. The van der Waals surface area contributed by atoms with Crippen LogP contribution in [0.3, 0.4) is 0 Å². The summed E-state index contributed by atoms with van der Waals surface area (Å²) < 4.78 is 10.6. The summed E-state index contributed by atoms with van der Waals surface area (Å²) in [6.07, 6.45) is 5.49. The van der Waals surface area contributed by atoms with Crippen molar-refractivity contribution in [2.45, 2.75) is 26.7 Å². The molecule has 0 radical (unpaired) electrons. The molecule has 2 heterocycles. The van der Waals surface area contributed by atoms with Crippen LogP contribution in [0.5, 0.6) is 11.5 Å². The van der Waals surface area contributed by atoms with Gasteiger partial charge in [-0.3, -0.25) is 9.78 Å². The number of anilines is 2. The molecule has 0 atom stereocenters. The third kappa shape index (κ3) is 4.02. The lowest BCUT2D eigenvalue weighted by molar-refractivity contribution is 0.102. The SMILES string of the molecule is CCCN(CCC)c1cncc(C(=O)Nc2ccc3c(c2)OCO3)c1. The Hall–Kier alpha value is -2.76. The standard InChI is InChI=1S/C19H23N3O3/c1-3-7-22(8-4-2)16-9-14(11-20-12-16)19(23)21-15-5-6-17-18(10-15)25-13-24-17/h5-6,9-12H,3-4,7-8,13H2,1-2H3,(H,21,23).